The minimum atomic E-state index is -0.277. The standard InChI is InChI=1S/C16H18ClIN2O/c1-3-8-12-13(18)15(17)20-16(19-12)14(21-4-2)11-9-6-5-7-10-11/h5-7,9-10,14H,3-4,8H2,1-2H3. The van der Waals surface area contributed by atoms with Crippen molar-refractivity contribution in [2.75, 3.05) is 6.61 Å². The Morgan fingerprint density at radius 2 is 1.90 bits per heavy atom. The fourth-order valence-electron chi connectivity index (χ4n) is 2.12. The lowest BCUT2D eigenvalue weighted by Crippen LogP contribution is -2.13. The molecule has 1 heterocycles. The van der Waals surface area contributed by atoms with Crippen molar-refractivity contribution in [2.45, 2.75) is 32.8 Å². The van der Waals surface area contributed by atoms with E-state index in [-0.39, 0.29) is 6.10 Å². The Hall–Kier alpha value is -0.720. The molecule has 0 bridgehead atoms. The van der Waals surface area contributed by atoms with Crippen molar-refractivity contribution in [1.82, 2.24) is 9.97 Å². The maximum atomic E-state index is 6.27. The molecule has 1 unspecified atom stereocenters. The van der Waals surface area contributed by atoms with Crippen LogP contribution in [0.15, 0.2) is 30.3 Å². The van der Waals surface area contributed by atoms with Crippen molar-refractivity contribution in [3.63, 3.8) is 0 Å². The van der Waals surface area contributed by atoms with Crippen LogP contribution in [0.5, 0.6) is 0 Å². The van der Waals surface area contributed by atoms with E-state index in [1.807, 2.05) is 37.3 Å². The van der Waals surface area contributed by atoms with E-state index in [1.54, 1.807) is 0 Å². The Kier molecular flexibility index (Phi) is 6.39. The molecule has 0 aliphatic rings. The minimum absolute atomic E-state index is 0.277. The maximum absolute atomic E-state index is 6.27. The molecular formula is C16H18ClIN2O. The van der Waals surface area contributed by atoms with Crippen molar-refractivity contribution in [3.8, 4) is 0 Å². The van der Waals surface area contributed by atoms with Crippen molar-refractivity contribution in [2.24, 2.45) is 0 Å². The molecule has 0 fully saturated rings. The summed E-state index contributed by atoms with van der Waals surface area (Å²) in [5.74, 6) is 0.636. The summed E-state index contributed by atoms with van der Waals surface area (Å²) < 4.78 is 6.79. The lowest BCUT2D eigenvalue weighted by molar-refractivity contribution is 0.0849. The van der Waals surface area contributed by atoms with Crippen LogP contribution in [0.2, 0.25) is 5.15 Å². The first-order chi connectivity index (χ1) is 10.2. The Balaban J connectivity index is 2.45. The van der Waals surface area contributed by atoms with Crippen LogP contribution in [0.1, 0.15) is 43.5 Å². The molecular weight excluding hydrogens is 399 g/mol. The molecule has 0 spiro atoms. The van der Waals surface area contributed by atoms with Crippen LogP contribution in [0.4, 0.5) is 0 Å². The fourth-order valence-corrected chi connectivity index (χ4v) is 2.82. The predicted molar refractivity (Wildman–Crippen MR) is 93.7 cm³/mol. The van der Waals surface area contributed by atoms with E-state index in [0.717, 1.165) is 27.7 Å². The van der Waals surface area contributed by atoms with Crippen molar-refractivity contribution in [1.29, 1.82) is 0 Å². The summed E-state index contributed by atoms with van der Waals surface area (Å²) in [5, 5.41) is 0.504. The number of nitrogens with zero attached hydrogens (tertiary/aromatic N) is 2. The van der Waals surface area contributed by atoms with Gasteiger partial charge in [-0.1, -0.05) is 55.3 Å². The van der Waals surface area contributed by atoms with Gasteiger partial charge < -0.3 is 4.74 Å². The van der Waals surface area contributed by atoms with Gasteiger partial charge in [0.15, 0.2) is 5.82 Å². The maximum Gasteiger partial charge on any atom is 0.163 e. The van der Waals surface area contributed by atoms with Gasteiger partial charge in [0.25, 0.3) is 0 Å². The smallest absolute Gasteiger partial charge is 0.163 e. The first kappa shape index (κ1) is 16.6. The fraction of sp³-hybridized carbons (Fsp3) is 0.375. The minimum Gasteiger partial charge on any atom is -0.366 e. The summed E-state index contributed by atoms with van der Waals surface area (Å²) in [6.45, 7) is 4.69. The summed E-state index contributed by atoms with van der Waals surface area (Å²) in [6.07, 6.45) is 1.63. The highest BCUT2D eigenvalue weighted by atomic mass is 127. The van der Waals surface area contributed by atoms with Crippen LogP contribution in [0.25, 0.3) is 0 Å². The van der Waals surface area contributed by atoms with E-state index in [2.05, 4.69) is 34.5 Å². The molecule has 0 amide bonds. The third-order valence-electron chi connectivity index (χ3n) is 3.05. The van der Waals surface area contributed by atoms with Gasteiger partial charge in [-0.2, -0.15) is 0 Å². The number of hydrogen-bond donors (Lipinski definition) is 0. The quantitative estimate of drug-likeness (QED) is 0.500. The summed E-state index contributed by atoms with van der Waals surface area (Å²) in [4.78, 5) is 9.12. The molecule has 0 saturated carbocycles. The zero-order valence-corrected chi connectivity index (χ0v) is 15.1. The molecule has 0 radical (unpaired) electrons. The Morgan fingerprint density at radius 3 is 2.52 bits per heavy atom. The van der Waals surface area contributed by atoms with E-state index in [9.17, 15) is 0 Å². The SMILES string of the molecule is CCCc1nc(C(OCC)c2ccccc2)nc(Cl)c1I. The highest BCUT2D eigenvalue weighted by Crippen LogP contribution is 2.27. The molecule has 0 aliphatic carbocycles. The molecule has 1 aromatic carbocycles. The highest BCUT2D eigenvalue weighted by Gasteiger charge is 2.20. The van der Waals surface area contributed by atoms with Crippen LogP contribution < -0.4 is 0 Å². The van der Waals surface area contributed by atoms with Crippen molar-refractivity contribution < 1.29 is 4.74 Å². The van der Waals surface area contributed by atoms with E-state index < -0.39 is 0 Å². The normalized spacial score (nSPS) is 12.4. The first-order valence-corrected chi connectivity index (χ1v) is 8.51. The van der Waals surface area contributed by atoms with Gasteiger partial charge >= 0.3 is 0 Å². The molecule has 2 aromatic rings. The number of benzene rings is 1. The van der Waals surface area contributed by atoms with Gasteiger partial charge in [-0.25, -0.2) is 9.97 Å². The van der Waals surface area contributed by atoms with Crippen LogP contribution in [0, 0.1) is 3.57 Å². The van der Waals surface area contributed by atoms with Gasteiger partial charge in [-0.15, -0.1) is 0 Å². The first-order valence-electron chi connectivity index (χ1n) is 7.05. The zero-order valence-electron chi connectivity index (χ0n) is 12.1. The van der Waals surface area contributed by atoms with Crippen LogP contribution in [-0.2, 0) is 11.2 Å². The topological polar surface area (TPSA) is 35.0 Å². The van der Waals surface area contributed by atoms with E-state index in [0.29, 0.717) is 17.6 Å². The largest absolute Gasteiger partial charge is 0.366 e. The van der Waals surface area contributed by atoms with Crippen LogP contribution in [0.3, 0.4) is 0 Å². The lowest BCUT2D eigenvalue weighted by Gasteiger charge is -2.18. The Bertz CT molecular complexity index is 592. The lowest BCUT2D eigenvalue weighted by atomic mass is 10.1. The molecule has 2 rings (SSSR count). The second-order valence-electron chi connectivity index (χ2n) is 4.63. The average molecular weight is 417 g/mol. The van der Waals surface area contributed by atoms with Gasteiger partial charge in [0.2, 0.25) is 0 Å². The molecule has 0 aliphatic heterocycles. The number of aryl methyl sites for hydroxylation is 1. The number of rotatable bonds is 6. The molecule has 1 aromatic heterocycles. The van der Waals surface area contributed by atoms with E-state index in [1.165, 1.54) is 0 Å². The third kappa shape index (κ3) is 4.14. The number of ether oxygens (including phenoxy) is 1. The molecule has 3 nitrogen and oxygen atoms in total. The van der Waals surface area contributed by atoms with E-state index >= 15 is 0 Å². The Morgan fingerprint density at radius 1 is 1.19 bits per heavy atom. The van der Waals surface area contributed by atoms with Gasteiger partial charge in [-0.05, 0) is 41.5 Å². The van der Waals surface area contributed by atoms with Gasteiger partial charge in [0.05, 0.1) is 9.26 Å². The molecule has 0 saturated heterocycles. The summed E-state index contributed by atoms with van der Waals surface area (Å²) in [6, 6.07) is 10.0. The molecule has 0 N–H and O–H groups in total. The second kappa shape index (κ2) is 8.06. The number of aromatic nitrogens is 2. The second-order valence-corrected chi connectivity index (χ2v) is 6.07. The van der Waals surface area contributed by atoms with Crippen LogP contribution in [-0.4, -0.2) is 16.6 Å². The third-order valence-corrected chi connectivity index (χ3v) is 4.78. The summed E-state index contributed by atoms with van der Waals surface area (Å²) >= 11 is 8.48. The highest BCUT2D eigenvalue weighted by molar-refractivity contribution is 14.1. The zero-order chi connectivity index (χ0) is 15.2. The number of halogens is 2. The van der Waals surface area contributed by atoms with Crippen LogP contribution >= 0.6 is 34.2 Å². The molecule has 21 heavy (non-hydrogen) atoms. The monoisotopic (exact) mass is 416 g/mol. The Labute approximate surface area is 144 Å². The molecule has 112 valence electrons. The summed E-state index contributed by atoms with van der Waals surface area (Å²) in [7, 11) is 0. The van der Waals surface area contributed by atoms with Gasteiger partial charge in [0.1, 0.15) is 11.3 Å². The van der Waals surface area contributed by atoms with Crippen molar-refractivity contribution >= 4 is 34.2 Å². The predicted octanol–water partition coefficient (Wildman–Crippen LogP) is 4.81. The van der Waals surface area contributed by atoms with Crippen molar-refractivity contribution in [3.05, 3.63) is 56.1 Å². The van der Waals surface area contributed by atoms with E-state index in [4.69, 9.17) is 21.3 Å². The van der Waals surface area contributed by atoms with Gasteiger partial charge in [-0.3, -0.25) is 0 Å². The molecule has 1 atom stereocenters. The molecule has 5 heteroatoms. The van der Waals surface area contributed by atoms with Gasteiger partial charge in [0, 0.05) is 6.61 Å². The number of hydrogen-bond acceptors (Lipinski definition) is 3. The average Bonchev–Trinajstić information content (AvgIpc) is 2.50. The summed E-state index contributed by atoms with van der Waals surface area (Å²) in [5.41, 5.74) is 2.04.